The van der Waals surface area contributed by atoms with Crippen LogP contribution < -0.4 is 10.9 Å². The van der Waals surface area contributed by atoms with Gasteiger partial charge in [-0.3, -0.25) is 15.1 Å². The van der Waals surface area contributed by atoms with E-state index in [1.807, 2.05) is 30.0 Å². The van der Waals surface area contributed by atoms with E-state index in [0.29, 0.717) is 5.56 Å². The van der Waals surface area contributed by atoms with Gasteiger partial charge >= 0.3 is 12.2 Å². The van der Waals surface area contributed by atoms with E-state index in [2.05, 4.69) is 10.9 Å². The first kappa shape index (κ1) is 24.0. The van der Waals surface area contributed by atoms with Crippen LogP contribution in [0, 0.1) is 5.82 Å². The standard InChI is InChI=1S/C23H27FN4O5/c1-15-13-28(23(31)32)16(2)12-27(15)20(18-8-10-19(24)11-9-18)21(29)25-26-22(30)33-14-17-6-4-3-5-7-17/h3-11,15-16,20H,12-14H2,1-2H3,(H,25,29)(H,26,30)(H,31,32)/t15-,16+,20?/m1/s1. The fourth-order valence-corrected chi connectivity index (χ4v) is 3.86. The molecule has 0 bridgehead atoms. The van der Waals surface area contributed by atoms with E-state index in [0.717, 1.165) is 5.56 Å². The molecule has 9 nitrogen and oxygen atoms in total. The second kappa shape index (κ2) is 10.8. The minimum Gasteiger partial charge on any atom is -0.465 e. The summed E-state index contributed by atoms with van der Waals surface area (Å²) in [5, 5.41) is 9.41. The molecule has 0 aromatic heterocycles. The van der Waals surface area contributed by atoms with E-state index in [1.165, 1.54) is 29.2 Å². The van der Waals surface area contributed by atoms with Gasteiger partial charge in [0.25, 0.3) is 5.91 Å². The second-order valence-electron chi connectivity index (χ2n) is 7.96. The summed E-state index contributed by atoms with van der Waals surface area (Å²) in [6.07, 6.45) is -1.86. The third-order valence-corrected chi connectivity index (χ3v) is 5.55. The first-order chi connectivity index (χ1) is 15.8. The number of benzene rings is 2. The maximum Gasteiger partial charge on any atom is 0.426 e. The number of carboxylic acid groups (broad SMARTS) is 1. The van der Waals surface area contributed by atoms with Crippen LogP contribution in [0.25, 0.3) is 0 Å². The number of carbonyl (C=O) groups is 3. The number of nitrogens with zero attached hydrogens (tertiary/aromatic N) is 2. The Morgan fingerprint density at radius 3 is 2.33 bits per heavy atom. The molecule has 176 valence electrons. The van der Waals surface area contributed by atoms with Gasteiger partial charge < -0.3 is 14.7 Å². The van der Waals surface area contributed by atoms with Gasteiger partial charge in [0.15, 0.2) is 0 Å². The summed E-state index contributed by atoms with van der Waals surface area (Å²) in [6, 6.07) is 13.0. The van der Waals surface area contributed by atoms with Crippen molar-refractivity contribution in [3.63, 3.8) is 0 Å². The number of hydrogen-bond donors (Lipinski definition) is 3. The van der Waals surface area contributed by atoms with Crippen molar-refractivity contribution in [1.29, 1.82) is 0 Å². The number of hydrazine groups is 1. The molecule has 3 amide bonds. The zero-order valence-corrected chi connectivity index (χ0v) is 18.4. The number of amides is 3. The normalized spacial score (nSPS) is 19.4. The molecule has 10 heteroatoms. The lowest BCUT2D eigenvalue weighted by Crippen LogP contribution is -2.60. The number of rotatable bonds is 5. The Morgan fingerprint density at radius 1 is 1.03 bits per heavy atom. The lowest BCUT2D eigenvalue weighted by molar-refractivity contribution is -0.130. The Labute approximate surface area is 191 Å². The van der Waals surface area contributed by atoms with Gasteiger partial charge in [0.1, 0.15) is 18.5 Å². The van der Waals surface area contributed by atoms with Crippen LogP contribution in [0.1, 0.15) is 31.0 Å². The summed E-state index contributed by atoms with van der Waals surface area (Å²) in [4.78, 5) is 39.8. The summed E-state index contributed by atoms with van der Waals surface area (Å²) in [7, 11) is 0. The topological polar surface area (TPSA) is 111 Å². The molecule has 0 spiro atoms. The minimum atomic E-state index is -1.03. The SMILES string of the molecule is C[C@@H]1CN(C(=O)O)[C@@H](C)CN1C(C(=O)NNC(=O)OCc1ccccc1)c1ccc(F)cc1. The minimum absolute atomic E-state index is 0.0373. The molecule has 2 aromatic carbocycles. The molecule has 33 heavy (non-hydrogen) atoms. The summed E-state index contributed by atoms with van der Waals surface area (Å²) < 4.78 is 18.6. The highest BCUT2D eigenvalue weighted by Gasteiger charge is 2.39. The summed E-state index contributed by atoms with van der Waals surface area (Å²) >= 11 is 0. The van der Waals surface area contributed by atoms with Gasteiger partial charge in [0.05, 0.1) is 0 Å². The van der Waals surface area contributed by atoms with Crippen molar-refractivity contribution in [3.8, 4) is 0 Å². The number of hydrogen-bond acceptors (Lipinski definition) is 5. The molecule has 1 aliphatic heterocycles. The molecule has 3 rings (SSSR count). The summed E-state index contributed by atoms with van der Waals surface area (Å²) in [6.45, 7) is 4.09. The fourth-order valence-electron chi connectivity index (χ4n) is 3.86. The molecule has 3 N–H and O–H groups in total. The molecule has 0 radical (unpaired) electrons. The average Bonchev–Trinajstić information content (AvgIpc) is 2.80. The Bertz CT molecular complexity index is 973. The smallest absolute Gasteiger partial charge is 0.426 e. The maximum absolute atomic E-state index is 13.5. The number of halogens is 1. The molecular formula is C23H27FN4O5. The number of piperazine rings is 1. The van der Waals surface area contributed by atoms with Crippen LogP contribution >= 0.6 is 0 Å². The number of carbonyl (C=O) groups excluding carboxylic acids is 2. The molecule has 1 unspecified atom stereocenters. The van der Waals surface area contributed by atoms with Gasteiger partial charge in [-0.2, -0.15) is 0 Å². The van der Waals surface area contributed by atoms with Crippen molar-refractivity contribution >= 4 is 18.1 Å². The van der Waals surface area contributed by atoms with E-state index >= 15 is 0 Å². The number of nitrogens with one attached hydrogen (secondary N) is 2. The molecular weight excluding hydrogens is 431 g/mol. The van der Waals surface area contributed by atoms with Crippen LogP contribution in [0.3, 0.4) is 0 Å². The van der Waals surface area contributed by atoms with Crippen molar-refractivity contribution in [2.45, 2.75) is 38.6 Å². The highest BCUT2D eigenvalue weighted by atomic mass is 19.1. The van der Waals surface area contributed by atoms with E-state index in [-0.39, 0.29) is 31.8 Å². The second-order valence-corrected chi connectivity index (χ2v) is 7.96. The van der Waals surface area contributed by atoms with Crippen molar-refractivity contribution in [3.05, 3.63) is 71.5 Å². The summed E-state index contributed by atoms with van der Waals surface area (Å²) in [5.41, 5.74) is 5.91. The van der Waals surface area contributed by atoms with Crippen molar-refractivity contribution in [2.75, 3.05) is 13.1 Å². The van der Waals surface area contributed by atoms with Gasteiger partial charge in [-0.05, 0) is 37.1 Å². The summed E-state index contributed by atoms with van der Waals surface area (Å²) in [5.74, 6) is -1.00. The largest absolute Gasteiger partial charge is 0.465 e. The fraction of sp³-hybridized carbons (Fsp3) is 0.348. The Morgan fingerprint density at radius 2 is 1.70 bits per heavy atom. The van der Waals surface area contributed by atoms with Crippen LogP contribution in [0.5, 0.6) is 0 Å². The molecule has 0 aliphatic carbocycles. The molecule has 3 atom stereocenters. The van der Waals surface area contributed by atoms with Gasteiger partial charge in [-0.15, -0.1) is 0 Å². The van der Waals surface area contributed by atoms with Crippen LogP contribution in [0.4, 0.5) is 14.0 Å². The maximum atomic E-state index is 13.5. The van der Waals surface area contributed by atoms with Crippen molar-refractivity contribution in [1.82, 2.24) is 20.7 Å². The first-order valence-electron chi connectivity index (χ1n) is 10.5. The number of ether oxygens (including phenoxy) is 1. The van der Waals surface area contributed by atoms with Crippen LogP contribution in [0.2, 0.25) is 0 Å². The van der Waals surface area contributed by atoms with Crippen LogP contribution in [0.15, 0.2) is 54.6 Å². The van der Waals surface area contributed by atoms with Crippen molar-refractivity contribution in [2.24, 2.45) is 0 Å². The molecule has 1 fully saturated rings. The van der Waals surface area contributed by atoms with E-state index in [9.17, 15) is 23.9 Å². The predicted octanol–water partition coefficient (Wildman–Crippen LogP) is 2.90. The Balaban J connectivity index is 1.70. The molecule has 1 saturated heterocycles. The zero-order valence-electron chi connectivity index (χ0n) is 18.4. The van der Waals surface area contributed by atoms with E-state index in [1.54, 1.807) is 19.1 Å². The molecule has 1 heterocycles. The highest BCUT2D eigenvalue weighted by Crippen LogP contribution is 2.28. The van der Waals surface area contributed by atoms with Crippen LogP contribution in [-0.2, 0) is 16.1 Å². The molecule has 1 aliphatic rings. The molecule has 0 saturated carbocycles. The first-order valence-corrected chi connectivity index (χ1v) is 10.5. The molecule has 2 aromatic rings. The van der Waals surface area contributed by atoms with E-state index < -0.39 is 30.0 Å². The van der Waals surface area contributed by atoms with Gasteiger partial charge in [-0.25, -0.2) is 19.4 Å². The third-order valence-electron chi connectivity index (χ3n) is 5.55. The van der Waals surface area contributed by atoms with Gasteiger partial charge in [0.2, 0.25) is 0 Å². The van der Waals surface area contributed by atoms with Crippen LogP contribution in [-0.4, -0.2) is 58.2 Å². The van der Waals surface area contributed by atoms with E-state index in [4.69, 9.17) is 4.74 Å². The van der Waals surface area contributed by atoms with Gasteiger partial charge in [-0.1, -0.05) is 42.5 Å². The predicted molar refractivity (Wildman–Crippen MR) is 117 cm³/mol. The van der Waals surface area contributed by atoms with Gasteiger partial charge in [0, 0.05) is 25.2 Å². The zero-order chi connectivity index (χ0) is 24.0. The Hall–Kier alpha value is -3.66. The lowest BCUT2D eigenvalue weighted by atomic mass is 9.99. The average molecular weight is 458 g/mol. The quantitative estimate of drug-likeness (QED) is 0.594. The highest BCUT2D eigenvalue weighted by molar-refractivity contribution is 5.85. The van der Waals surface area contributed by atoms with Crippen molar-refractivity contribution < 1.29 is 28.6 Å². The third kappa shape index (κ3) is 6.19. The monoisotopic (exact) mass is 458 g/mol. The Kier molecular flexibility index (Phi) is 7.83. The lowest BCUT2D eigenvalue weighted by Gasteiger charge is -2.45.